The molecule has 1 amide bonds. The normalized spacial score (nSPS) is 23.6. The molecule has 2 aromatic rings. The number of H-pyrrole nitrogens is 1. The molecule has 1 aromatic carbocycles. The molecule has 2 aliphatic rings. The van der Waals surface area contributed by atoms with Crippen molar-refractivity contribution in [2.24, 2.45) is 0 Å². The second kappa shape index (κ2) is 4.64. The summed E-state index contributed by atoms with van der Waals surface area (Å²) in [7, 11) is 1.61. The molecule has 1 saturated carbocycles. The number of aryl methyl sites for hydroxylation is 1. The van der Waals surface area contributed by atoms with Crippen LogP contribution >= 0.6 is 0 Å². The van der Waals surface area contributed by atoms with Crippen LogP contribution in [0.3, 0.4) is 0 Å². The van der Waals surface area contributed by atoms with E-state index in [0.29, 0.717) is 12.0 Å². The summed E-state index contributed by atoms with van der Waals surface area (Å²) in [5, 5.41) is 7.93. The Morgan fingerprint density at radius 3 is 2.74 bits per heavy atom. The molecule has 4 rings (SSSR count). The van der Waals surface area contributed by atoms with E-state index in [2.05, 4.69) is 10.2 Å². The number of anilines is 1. The zero-order valence-corrected chi connectivity index (χ0v) is 13.5. The molecule has 1 aromatic heterocycles. The fraction of sp³-hybridized carbons (Fsp3) is 0.471. The highest BCUT2D eigenvalue weighted by atomic mass is 16.5. The Balaban J connectivity index is 2.04. The SMILES string of the molecule is COCC1(C)C(=O)N(C2CC2)c2cc3c(=O)[nH]nc(C)c3cc21. The molecule has 23 heavy (non-hydrogen) atoms. The largest absolute Gasteiger partial charge is 0.383 e. The molecule has 2 heterocycles. The van der Waals surface area contributed by atoms with Crippen molar-refractivity contribution in [2.45, 2.75) is 38.1 Å². The Bertz CT molecular complexity index is 885. The van der Waals surface area contributed by atoms with Crippen molar-refractivity contribution < 1.29 is 9.53 Å². The minimum Gasteiger partial charge on any atom is -0.383 e. The lowest BCUT2D eigenvalue weighted by molar-refractivity contribution is -0.124. The Morgan fingerprint density at radius 2 is 2.09 bits per heavy atom. The molecule has 1 atom stereocenters. The van der Waals surface area contributed by atoms with Crippen LogP contribution in [0.4, 0.5) is 5.69 Å². The molecule has 6 nitrogen and oxygen atoms in total. The van der Waals surface area contributed by atoms with E-state index in [0.717, 1.165) is 35.2 Å². The monoisotopic (exact) mass is 313 g/mol. The van der Waals surface area contributed by atoms with Gasteiger partial charge in [-0.05, 0) is 44.4 Å². The van der Waals surface area contributed by atoms with E-state index in [1.807, 2.05) is 30.9 Å². The number of ether oxygens (including phenoxy) is 1. The van der Waals surface area contributed by atoms with Crippen molar-refractivity contribution in [3.8, 4) is 0 Å². The third-order valence-electron chi connectivity index (χ3n) is 4.99. The van der Waals surface area contributed by atoms with Gasteiger partial charge in [-0.25, -0.2) is 5.10 Å². The van der Waals surface area contributed by atoms with Gasteiger partial charge in [0.25, 0.3) is 5.56 Å². The van der Waals surface area contributed by atoms with Gasteiger partial charge in [0.1, 0.15) is 0 Å². The zero-order valence-electron chi connectivity index (χ0n) is 13.5. The lowest BCUT2D eigenvalue weighted by atomic mass is 9.83. The van der Waals surface area contributed by atoms with Crippen LogP contribution < -0.4 is 10.5 Å². The van der Waals surface area contributed by atoms with Crippen molar-refractivity contribution in [2.75, 3.05) is 18.6 Å². The minimum absolute atomic E-state index is 0.0641. The first kappa shape index (κ1) is 14.4. The number of carbonyl (C=O) groups excluding carboxylic acids is 1. The Labute approximate surface area is 133 Å². The number of methoxy groups -OCH3 is 1. The minimum atomic E-state index is -0.712. The van der Waals surface area contributed by atoms with Gasteiger partial charge >= 0.3 is 0 Å². The molecule has 120 valence electrons. The number of hydrogen-bond donors (Lipinski definition) is 1. The Morgan fingerprint density at radius 1 is 1.35 bits per heavy atom. The fourth-order valence-electron chi connectivity index (χ4n) is 3.59. The van der Waals surface area contributed by atoms with E-state index in [1.54, 1.807) is 7.11 Å². The van der Waals surface area contributed by atoms with Crippen LogP contribution in [0.25, 0.3) is 10.8 Å². The number of fused-ring (bicyclic) bond motifs is 2. The maximum Gasteiger partial charge on any atom is 0.272 e. The summed E-state index contributed by atoms with van der Waals surface area (Å²) in [6.45, 7) is 4.10. The van der Waals surface area contributed by atoms with Crippen molar-refractivity contribution in [1.82, 2.24) is 10.2 Å². The third kappa shape index (κ3) is 1.88. The molecule has 1 N–H and O–H groups in total. The van der Waals surface area contributed by atoms with Crippen molar-refractivity contribution in [3.05, 3.63) is 33.7 Å². The predicted molar refractivity (Wildman–Crippen MR) is 86.8 cm³/mol. The van der Waals surface area contributed by atoms with Gasteiger partial charge in [0.2, 0.25) is 5.91 Å². The summed E-state index contributed by atoms with van der Waals surface area (Å²) in [5.74, 6) is 0.0641. The van der Waals surface area contributed by atoms with E-state index in [4.69, 9.17) is 4.74 Å². The van der Waals surface area contributed by atoms with Gasteiger partial charge in [-0.3, -0.25) is 9.59 Å². The van der Waals surface area contributed by atoms with Crippen molar-refractivity contribution in [1.29, 1.82) is 0 Å². The molecule has 1 unspecified atom stereocenters. The summed E-state index contributed by atoms with van der Waals surface area (Å²) in [4.78, 5) is 27.1. The number of nitrogens with zero attached hydrogens (tertiary/aromatic N) is 2. The van der Waals surface area contributed by atoms with Crippen LogP contribution in [0.5, 0.6) is 0 Å². The van der Waals surface area contributed by atoms with Gasteiger partial charge in [0.15, 0.2) is 0 Å². The van der Waals surface area contributed by atoms with Crippen molar-refractivity contribution in [3.63, 3.8) is 0 Å². The predicted octanol–water partition coefficient (Wildman–Crippen LogP) is 1.64. The van der Waals surface area contributed by atoms with E-state index in [1.165, 1.54) is 0 Å². The number of nitrogens with one attached hydrogen (secondary N) is 1. The van der Waals surface area contributed by atoms with E-state index >= 15 is 0 Å². The first-order valence-electron chi connectivity index (χ1n) is 7.83. The summed E-state index contributed by atoms with van der Waals surface area (Å²) in [5.41, 5.74) is 1.59. The molecule has 0 bridgehead atoms. The fourth-order valence-corrected chi connectivity index (χ4v) is 3.59. The number of aromatic amines is 1. The molecular formula is C17H19N3O3. The summed E-state index contributed by atoms with van der Waals surface area (Å²) in [6, 6.07) is 4.04. The molecular weight excluding hydrogens is 294 g/mol. The Hall–Kier alpha value is -2.21. The lowest BCUT2D eigenvalue weighted by Gasteiger charge is -2.23. The highest BCUT2D eigenvalue weighted by Gasteiger charge is 2.51. The van der Waals surface area contributed by atoms with E-state index in [-0.39, 0.29) is 17.5 Å². The number of carbonyl (C=O) groups is 1. The van der Waals surface area contributed by atoms with E-state index < -0.39 is 5.41 Å². The molecule has 0 saturated heterocycles. The van der Waals surface area contributed by atoms with Crippen LogP contribution in [0.1, 0.15) is 31.0 Å². The molecule has 0 radical (unpaired) electrons. The van der Waals surface area contributed by atoms with Gasteiger partial charge in [0, 0.05) is 24.2 Å². The van der Waals surface area contributed by atoms with Crippen LogP contribution in [0.15, 0.2) is 16.9 Å². The number of rotatable bonds is 3. The van der Waals surface area contributed by atoms with Crippen LogP contribution in [0, 0.1) is 6.92 Å². The van der Waals surface area contributed by atoms with E-state index in [9.17, 15) is 9.59 Å². The molecule has 1 aliphatic carbocycles. The zero-order chi connectivity index (χ0) is 16.4. The highest BCUT2D eigenvalue weighted by molar-refractivity contribution is 6.11. The van der Waals surface area contributed by atoms with Gasteiger partial charge < -0.3 is 9.64 Å². The smallest absolute Gasteiger partial charge is 0.272 e. The molecule has 1 fully saturated rings. The number of amides is 1. The highest BCUT2D eigenvalue weighted by Crippen LogP contribution is 2.48. The molecule has 6 heteroatoms. The number of hydrogen-bond acceptors (Lipinski definition) is 4. The molecule has 1 aliphatic heterocycles. The first-order chi connectivity index (χ1) is 11.0. The molecule has 0 spiro atoms. The third-order valence-corrected chi connectivity index (χ3v) is 4.99. The summed E-state index contributed by atoms with van der Waals surface area (Å²) < 4.78 is 5.34. The maximum absolute atomic E-state index is 13.0. The maximum atomic E-state index is 13.0. The van der Waals surface area contributed by atoms with Gasteiger partial charge in [-0.15, -0.1) is 0 Å². The van der Waals surface area contributed by atoms with Crippen LogP contribution in [-0.4, -0.2) is 35.9 Å². The standard InChI is InChI=1S/C17H19N3O3/c1-9-11-6-13-14(7-12(11)15(21)19-18-9)20(10-4-5-10)16(22)17(13,2)8-23-3/h6-7,10H,4-5,8H2,1-3H3,(H,19,21). The average molecular weight is 313 g/mol. The Kier molecular flexibility index (Phi) is 2.90. The average Bonchev–Trinajstić information content (AvgIpc) is 3.32. The second-order valence-corrected chi connectivity index (χ2v) is 6.72. The first-order valence-corrected chi connectivity index (χ1v) is 7.83. The summed E-state index contributed by atoms with van der Waals surface area (Å²) >= 11 is 0. The van der Waals surface area contributed by atoms with Crippen LogP contribution in [-0.2, 0) is 14.9 Å². The van der Waals surface area contributed by atoms with Gasteiger partial charge in [-0.2, -0.15) is 5.10 Å². The quantitative estimate of drug-likeness (QED) is 0.935. The number of benzene rings is 1. The second-order valence-electron chi connectivity index (χ2n) is 6.72. The summed E-state index contributed by atoms with van der Waals surface area (Å²) in [6.07, 6.45) is 2.02. The lowest BCUT2D eigenvalue weighted by Crippen LogP contribution is -2.42. The van der Waals surface area contributed by atoms with Crippen LogP contribution in [0.2, 0.25) is 0 Å². The van der Waals surface area contributed by atoms with Gasteiger partial charge in [-0.1, -0.05) is 0 Å². The number of aromatic nitrogens is 2. The topological polar surface area (TPSA) is 75.3 Å². The van der Waals surface area contributed by atoms with Gasteiger partial charge in [0.05, 0.1) is 23.1 Å². The van der Waals surface area contributed by atoms with Crippen molar-refractivity contribution >= 4 is 22.4 Å².